The average Bonchev–Trinajstić information content (AvgIpc) is 2.98. The number of phenolic OH excluding ortho intramolecular Hbond substituents is 1. The summed E-state index contributed by atoms with van der Waals surface area (Å²) in [5, 5.41) is 12.1. The quantitative estimate of drug-likeness (QED) is 0.680. The van der Waals surface area contributed by atoms with Crippen LogP contribution in [0, 0.1) is 6.92 Å². The SMILES string of the molecule is COc1cc(/C=C2/SC(=O)N(CC(=O)Nc3ccc(C)cc3)C2=O)cc(OC)c1O. The molecule has 1 fully saturated rings. The minimum atomic E-state index is -0.574. The number of aromatic hydroxyl groups is 1. The van der Waals surface area contributed by atoms with Gasteiger partial charge in [-0.05, 0) is 54.6 Å². The molecule has 0 bridgehead atoms. The van der Waals surface area contributed by atoms with Gasteiger partial charge in [0.15, 0.2) is 11.5 Å². The van der Waals surface area contributed by atoms with E-state index in [0.717, 1.165) is 22.2 Å². The third-order valence-corrected chi connectivity index (χ3v) is 5.22. The number of rotatable bonds is 6. The van der Waals surface area contributed by atoms with Crippen molar-refractivity contribution in [3.05, 3.63) is 52.4 Å². The van der Waals surface area contributed by atoms with Crippen LogP contribution in [0.15, 0.2) is 41.3 Å². The Kier molecular flexibility index (Phi) is 6.31. The second-order valence-corrected chi connectivity index (χ2v) is 7.45. The van der Waals surface area contributed by atoms with Crippen molar-refractivity contribution in [2.45, 2.75) is 6.92 Å². The van der Waals surface area contributed by atoms with E-state index in [1.54, 1.807) is 12.1 Å². The number of aryl methyl sites for hydroxylation is 1. The van der Waals surface area contributed by atoms with Crippen molar-refractivity contribution < 1.29 is 29.0 Å². The number of ether oxygens (including phenoxy) is 2. The fourth-order valence-corrected chi connectivity index (χ4v) is 3.60. The summed E-state index contributed by atoms with van der Waals surface area (Å²) in [6.07, 6.45) is 1.48. The third-order valence-electron chi connectivity index (χ3n) is 4.31. The summed E-state index contributed by atoms with van der Waals surface area (Å²) in [7, 11) is 2.78. The van der Waals surface area contributed by atoms with E-state index < -0.39 is 23.6 Å². The molecule has 0 atom stereocenters. The van der Waals surface area contributed by atoms with Crippen LogP contribution in [0.2, 0.25) is 0 Å². The van der Waals surface area contributed by atoms with E-state index in [0.29, 0.717) is 11.3 Å². The normalized spacial score (nSPS) is 14.9. The van der Waals surface area contributed by atoms with Gasteiger partial charge in [0.05, 0.1) is 19.1 Å². The lowest BCUT2D eigenvalue weighted by Crippen LogP contribution is -2.36. The third kappa shape index (κ3) is 4.57. The number of nitrogens with one attached hydrogen (secondary N) is 1. The highest BCUT2D eigenvalue weighted by Crippen LogP contribution is 2.39. The van der Waals surface area contributed by atoms with Crippen LogP contribution in [-0.4, -0.2) is 47.8 Å². The first-order valence-corrected chi connectivity index (χ1v) is 9.71. The molecule has 3 amide bonds. The Morgan fingerprint density at radius 1 is 1.13 bits per heavy atom. The van der Waals surface area contributed by atoms with Crippen LogP contribution in [0.25, 0.3) is 6.08 Å². The molecule has 3 rings (SSSR count). The molecule has 0 saturated carbocycles. The van der Waals surface area contributed by atoms with Gasteiger partial charge in [0, 0.05) is 5.69 Å². The Morgan fingerprint density at radius 2 is 1.73 bits per heavy atom. The molecule has 1 aliphatic heterocycles. The number of imide groups is 1. The summed E-state index contributed by atoms with van der Waals surface area (Å²) in [5.41, 5.74) is 2.12. The second kappa shape index (κ2) is 8.91. The minimum absolute atomic E-state index is 0.151. The van der Waals surface area contributed by atoms with Crippen LogP contribution in [0.5, 0.6) is 17.2 Å². The fraction of sp³-hybridized carbons (Fsp3) is 0.190. The van der Waals surface area contributed by atoms with E-state index in [4.69, 9.17) is 9.47 Å². The number of benzene rings is 2. The fourth-order valence-electron chi connectivity index (χ4n) is 2.77. The Bertz CT molecular complexity index is 1010. The molecule has 0 unspecified atom stereocenters. The molecule has 30 heavy (non-hydrogen) atoms. The largest absolute Gasteiger partial charge is 0.502 e. The zero-order chi connectivity index (χ0) is 21.8. The molecule has 0 aromatic heterocycles. The molecule has 2 N–H and O–H groups in total. The molecule has 2 aromatic carbocycles. The topological polar surface area (TPSA) is 105 Å². The summed E-state index contributed by atoms with van der Waals surface area (Å²) in [6.45, 7) is 1.54. The highest BCUT2D eigenvalue weighted by Gasteiger charge is 2.36. The number of carbonyl (C=O) groups excluding carboxylic acids is 3. The Morgan fingerprint density at radius 3 is 2.30 bits per heavy atom. The smallest absolute Gasteiger partial charge is 0.294 e. The van der Waals surface area contributed by atoms with Gasteiger partial charge in [-0.1, -0.05) is 17.7 Å². The van der Waals surface area contributed by atoms with Crippen molar-refractivity contribution in [3.63, 3.8) is 0 Å². The van der Waals surface area contributed by atoms with Crippen molar-refractivity contribution >= 4 is 40.6 Å². The van der Waals surface area contributed by atoms with Crippen LogP contribution in [0.4, 0.5) is 10.5 Å². The molecule has 0 aliphatic carbocycles. The second-order valence-electron chi connectivity index (χ2n) is 6.46. The monoisotopic (exact) mass is 428 g/mol. The van der Waals surface area contributed by atoms with Gasteiger partial charge in [-0.15, -0.1) is 0 Å². The maximum absolute atomic E-state index is 12.7. The Labute approximate surface area is 177 Å². The van der Waals surface area contributed by atoms with Crippen molar-refractivity contribution in [1.82, 2.24) is 4.90 Å². The number of amides is 3. The molecule has 0 spiro atoms. The first-order chi connectivity index (χ1) is 14.3. The lowest BCUT2D eigenvalue weighted by Gasteiger charge is -2.12. The number of hydrogen-bond acceptors (Lipinski definition) is 7. The minimum Gasteiger partial charge on any atom is -0.502 e. The first kappa shape index (κ1) is 21.3. The molecule has 1 saturated heterocycles. The van der Waals surface area contributed by atoms with Gasteiger partial charge >= 0.3 is 0 Å². The van der Waals surface area contributed by atoms with E-state index in [2.05, 4.69) is 5.32 Å². The molecule has 0 radical (unpaired) electrons. The molecule has 1 heterocycles. The highest BCUT2D eigenvalue weighted by molar-refractivity contribution is 8.18. The Hall–Kier alpha value is -3.46. The van der Waals surface area contributed by atoms with Crippen LogP contribution < -0.4 is 14.8 Å². The van der Waals surface area contributed by atoms with Crippen LogP contribution in [-0.2, 0) is 9.59 Å². The van der Waals surface area contributed by atoms with Crippen LogP contribution in [0.1, 0.15) is 11.1 Å². The van der Waals surface area contributed by atoms with Gasteiger partial charge in [-0.3, -0.25) is 19.3 Å². The number of nitrogens with zero attached hydrogens (tertiary/aromatic N) is 1. The number of thioether (sulfide) groups is 1. The zero-order valence-corrected chi connectivity index (χ0v) is 17.4. The summed E-state index contributed by atoms with van der Waals surface area (Å²) in [4.78, 5) is 38.2. The predicted octanol–water partition coefficient (Wildman–Crippen LogP) is 3.39. The molecule has 9 heteroatoms. The van der Waals surface area contributed by atoms with Gasteiger partial charge in [0.25, 0.3) is 11.1 Å². The highest BCUT2D eigenvalue weighted by atomic mass is 32.2. The lowest BCUT2D eigenvalue weighted by atomic mass is 10.1. The van der Waals surface area contributed by atoms with Crippen LogP contribution >= 0.6 is 11.8 Å². The maximum Gasteiger partial charge on any atom is 0.294 e. The van der Waals surface area contributed by atoms with Gasteiger partial charge in [-0.2, -0.15) is 0 Å². The van der Waals surface area contributed by atoms with E-state index in [9.17, 15) is 19.5 Å². The Balaban J connectivity index is 1.75. The lowest BCUT2D eigenvalue weighted by molar-refractivity contribution is -0.127. The van der Waals surface area contributed by atoms with Crippen molar-refractivity contribution in [3.8, 4) is 17.2 Å². The molecule has 156 valence electrons. The molecular weight excluding hydrogens is 408 g/mol. The number of methoxy groups -OCH3 is 2. The standard InChI is InChI=1S/C21H20N2O6S/c1-12-4-6-14(7-5-12)22-18(24)11-23-20(26)17(30-21(23)27)10-13-8-15(28-2)19(25)16(9-13)29-3/h4-10,25H,11H2,1-3H3,(H,22,24)/b17-10+. The van der Waals surface area contributed by atoms with E-state index in [1.807, 2.05) is 19.1 Å². The number of phenols is 1. The summed E-state index contributed by atoms with van der Waals surface area (Å²) in [6, 6.07) is 10.2. The molecule has 2 aromatic rings. The van der Waals surface area contributed by atoms with Gasteiger partial charge < -0.3 is 19.9 Å². The summed E-state index contributed by atoms with van der Waals surface area (Å²) in [5.74, 6) is -0.891. The number of carbonyl (C=O) groups is 3. The zero-order valence-electron chi connectivity index (χ0n) is 16.6. The van der Waals surface area contributed by atoms with Crippen molar-refractivity contribution in [2.24, 2.45) is 0 Å². The van der Waals surface area contributed by atoms with Gasteiger partial charge in [0.1, 0.15) is 6.54 Å². The van der Waals surface area contributed by atoms with E-state index >= 15 is 0 Å². The van der Waals surface area contributed by atoms with Crippen molar-refractivity contribution in [1.29, 1.82) is 0 Å². The predicted molar refractivity (Wildman–Crippen MR) is 114 cm³/mol. The van der Waals surface area contributed by atoms with Gasteiger partial charge in [-0.25, -0.2) is 0 Å². The number of hydrogen-bond donors (Lipinski definition) is 2. The summed E-state index contributed by atoms with van der Waals surface area (Å²) < 4.78 is 10.2. The van der Waals surface area contributed by atoms with E-state index in [-0.39, 0.29) is 22.2 Å². The van der Waals surface area contributed by atoms with Gasteiger partial charge in [0.2, 0.25) is 11.7 Å². The van der Waals surface area contributed by atoms with Crippen molar-refractivity contribution in [2.75, 3.05) is 26.1 Å². The molecule has 1 aliphatic rings. The maximum atomic E-state index is 12.7. The molecular formula is C21H20N2O6S. The summed E-state index contributed by atoms with van der Waals surface area (Å²) >= 11 is 0.732. The van der Waals surface area contributed by atoms with Crippen LogP contribution in [0.3, 0.4) is 0 Å². The molecule has 8 nitrogen and oxygen atoms in total. The number of anilines is 1. The first-order valence-electron chi connectivity index (χ1n) is 8.89. The van der Waals surface area contributed by atoms with E-state index in [1.165, 1.54) is 32.4 Å². The average molecular weight is 428 g/mol.